The summed E-state index contributed by atoms with van der Waals surface area (Å²) >= 11 is 0. The summed E-state index contributed by atoms with van der Waals surface area (Å²) in [5.74, 6) is 2.18. The molecule has 0 atom stereocenters. The molecule has 0 unspecified atom stereocenters. The maximum absolute atomic E-state index is 10.7. The Labute approximate surface area is 158 Å². The fourth-order valence-electron chi connectivity index (χ4n) is 2.61. The van der Waals surface area contributed by atoms with Gasteiger partial charge >= 0.3 is 0 Å². The second-order valence-electron chi connectivity index (χ2n) is 5.86. The SMILES string of the molecule is CN=C(NCc1ccc([N+](=O)[O-])cc1)N(C)Cc1ccc(OC)cc1OC. The first kappa shape index (κ1) is 20.0. The van der Waals surface area contributed by atoms with Crippen LogP contribution in [-0.4, -0.2) is 44.1 Å². The molecule has 0 spiro atoms. The van der Waals surface area contributed by atoms with Crippen LogP contribution < -0.4 is 14.8 Å². The van der Waals surface area contributed by atoms with Crippen molar-refractivity contribution < 1.29 is 14.4 Å². The van der Waals surface area contributed by atoms with Gasteiger partial charge in [0.25, 0.3) is 5.69 Å². The van der Waals surface area contributed by atoms with Crippen molar-refractivity contribution >= 4 is 11.6 Å². The van der Waals surface area contributed by atoms with Gasteiger partial charge in [0.15, 0.2) is 5.96 Å². The van der Waals surface area contributed by atoms with Crippen molar-refractivity contribution in [1.82, 2.24) is 10.2 Å². The first-order valence-electron chi connectivity index (χ1n) is 8.34. The average Bonchev–Trinajstić information content (AvgIpc) is 2.69. The molecule has 144 valence electrons. The van der Waals surface area contributed by atoms with E-state index in [-0.39, 0.29) is 5.69 Å². The highest BCUT2D eigenvalue weighted by atomic mass is 16.6. The van der Waals surface area contributed by atoms with Gasteiger partial charge in [0.05, 0.1) is 19.1 Å². The zero-order valence-electron chi connectivity index (χ0n) is 15.9. The number of non-ortho nitro benzene ring substituents is 1. The van der Waals surface area contributed by atoms with Crippen molar-refractivity contribution in [1.29, 1.82) is 0 Å². The van der Waals surface area contributed by atoms with Crippen molar-refractivity contribution in [2.24, 2.45) is 4.99 Å². The Hall–Kier alpha value is -3.29. The summed E-state index contributed by atoms with van der Waals surface area (Å²) in [6.07, 6.45) is 0. The van der Waals surface area contributed by atoms with E-state index in [4.69, 9.17) is 9.47 Å². The van der Waals surface area contributed by atoms with Crippen molar-refractivity contribution in [2.75, 3.05) is 28.3 Å². The number of nitrogens with one attached hydrogen (secondary N) is 1. The molecule has 0 radical (unpaired) electrons. The largest absolute Gasteiger partial charge is 0.497 e. The number of hydrogen-bond donors (Lipinski definition) is 1. The molecule has 2 aromatic rings. The molecule has 0 fully saturated rings. The molecule has 2 aromatic carbocycles. The maximum atomic E-state index is 10.7. The van der Waals surface area contributed by atoms with E-state index in [2.05, 4.69) is 10.3 Å². The van der Waals surface area contributed by atoms with E-state index in [1.165, 1.54) is 12.1 Å². The van der Waals surface area contributed by atoms with Gasteiger partial charge < -0.3 is 19.7 Å². The minimum atomic E-state index is -0.411. The molecule has 0 bridgehead atoms. The zero-order chi connectivity index (χ0) is 19.8. The maximum Gasteiger partial charge on any atom is 0.269 e. The summed E-state index contributed by atoms with van der Waals surface area (Å²) in [6, 6.07) is 12.1. The van der Waals surface area contributed by atoms with Crippen LogP contribution in [0.1, 0.15) is 11.1 Å². The smallest absolute Gasteiger partial charge is 0.269 e. The Morgan fingerprint density at radius 3 is 2.44 bits per heavy atom. The third-order valence-corrected chi connectivity index (χ3v) is 4.07. The van der Waals surface area contributed by atoms with Crippen LogP contribution in [0, 0.1) is 10.1 Å². The molecule has 0 aromatic heterocycles. The van der Waals surface area contributed by atoms with Crippen LogP contribution in [0.15, 0.2) is 47.5 Å². The molecule has 0 amide bonds. The van der Waals surface area contributed by atoms with Gasteiger partial charge in [-0.25, -0.2) is 0 Å². The molecule has 0 saturated heterocycles. The minimum Gasteiger partial charge on any atom is -0.497 e. The molecule has 0 aliphatic rings. The molecule has 2 rings (SSSR count). The molecule has 0 aliphatic heterocycles. The molecule has 8 heteroatoms. The summed E-state index contributed by atoms with van der Waals surface area (Å²) in [7, 11) is 6.87. The lowest BCUT2D eigenvalue weighted by Crippen LogP contribution is -2.38. The highest BCUT2D eigenvalue weighted by Crippen LogP contribution is 2.25. The number of nitro benzene ring substituents is 1. The number of benzene rings is 2. The van der Waals surface area contributed by atoms with Gasteiger partial charge in [-0.2, -0.15) is 0 Å². The number of aliphatic imine (C=N–C) groups is 1. The van der Waals surface area contributed by atoms with Crippen LogP contribution in [0.2, 0.25) is 0 Å². The molecular weight excluding hydrogens is 348 g/mol. The van der Waals surface area contributed by atoms with Gasteiger partial charge in [-0.05, 0) is 17.7 Å². The van der Waals surface area contributed by atoms with E-state index >= 15 is 0 Å². The van der Waals surface area contributed by atoms with Crippen molar-refractivity contribution in [3.05, 3.63) is 63.7 Å². The molecule has 27 heavy (non-hydrogen) atoms. The van der Waals surface area contributed by atoms with Crippen LogP contribution in [-0.2, 0) is 13.1 Å². The summed E-state index contributed by atoms with van der Waals surface area (Å²) in [5.41, 5.74) is 2.00. The third-order valence-electron chi connectivity index (χ3n) is 4.07. The summed E-state index contributed by atoms with van der Waals surface area (Å²) in [6.45, 7) is 1.10. The molecule has 0 aliphatic carbocycles. The first-order chi connectivity index (χ1) is 13.0. The Bertz CT molecular complexity index is 806. The van der Waals surface area contributed by atoms with Crippen molar-refractivity contribution in [2.45, 2.75) is 13.1 Å². The summed E-state index contributed by atoms with van der Waals surface area (Å²) in [5, 5.41) is 14.0. The highest BCUT2D eigenvalue weighted by molar-refractivity contribution is 5.79. The second kappa shape index (κ2) is 9.42. The number of hydrogen-bond acceptors (Lipinski definition) is 5. The van der Waals surface area contributed by atoms with E-state index in [9.17, 15) is 10.1 Å². The molecule has 1 N–H and O–H groups in total. The van der Waals surface area contributed by atoms with Gasteiger partial charge in [-0.1, -0.05) is 12.1 Å². The average molecular weight is 372 g/mol. The highest BCUT2D eigenvalue weighted by Gasteiger charge is 2.12. The number of ether oxygens (including phenoxy) is 2. The predicted octanol–water partition coefficient (Wildman–Crippen LogP) is 2.82. The van der Waals surface area contributed by atoms with Gasteiger partial charge in [-0.15, -0.1) is 0 Å². The fraction of sp³-hybridized carbons (Fsp3) is 0.316. The zero-order valence-corrected chi connectivity index (χ0v) is 15.9. The van der Waals surface area contributed by atoms with Crippen molar-refractivity contribution in [3.8, 4) is 11.5 Å². The van der Waals surface area contributed by atoms with Gasteiger partial charge in [0, 0.05) is 50.9 Å². The van der Waals surface area contributed by atoms with E-state index in [0.717, 1.165) is 22.6 Å². The monoisotopic (exact) mass is 372 g/mol. The second-order valence-corrected chi connectivity index (χ2v) is 5.86. The van der Waals surface area contributed by atoms with E-state index in [1.54, 1.807) is 33.4 Å². The van der Waals surface area contributed by atoms with Gasteiger partial charge in [0.1, 0.15) is 11.5 Å². The number of methoxy groups -OCH3 is 2. The minimum absolute atomic E-state index is 0.0758. The molecule has 0 heterocycles. The van der Waals surface area contributed by atoms with E-state index < -0.39 is 4.92 Å². The standard InChI is InChI=1S/C19H24N4O4/c1-20-19(21-12-14-5-8-16(9-6-14)23(24)25)22(2)13-15-7-10-17(26-3)11-18(15)27-4/h5-11H,12-13H2,1-4H3,(H,20,21). The number of guanidine groups is 1. The van der Waals surface area contributed by atoms with E-state index in [1.807, 2.05) is 30.1 Å². The van der Waals surface area contributed by atoms with Crippen LogP contribution in [0.3, 0.4) is 0 Å². The Morgan fingerprint density at radius 1 is 1.19 bits per heavy atom. The Balaban J connectivity index is 2.01. The topological polar surface area (TPSA) is 89.2 Å². The normalized spacial score (nSPS) is 11.0. The lowest BCUT2D eigenvalue weighted by molar-refractivity contribution is -0.384. The van der Waals surface area contributed by atoms with Crippen LogP contribution in [0.4, 0.5) is 5.69 Å². The van der Waals surface area contributed by atoms with Crippen molar-refractivity contribution in [3.63, 3.8) is 0 Å². The lowest BCUT2D eigenvalue weighted by atomic mass is 10.2. The van der Waals surface area contributed by atoms with Crippen LogP contribution in [0.5, 0.6) is 11.5 Å². The number of nitro groups is 1. The third kappa shape index (κ3) is 5.34. The van der Waals surface area contributed by atoms with Gasteiger partial charge in [0.2, 0.25) is 0 Å². The predicted molar refractivity (Wildman–Crippen MR) is 104 cm³/mol. The first-order valence-corrected chi connectivity index (χ1v) is 8.34. The van der Waals surface area contributed by atoms with Crippen LogP contribution >= 0.6 is 0 Å². The number of rotatable bonds is 7. The summed E-state index contributed by atoms with van der Waals surface area (Å²) < 4.78 is 10.7. The van der Waals surface area contributed by atoms with E-state index in [0.29, 0.717) is 19.0 Å². The summed E-state index contributed by atoms with van der Waals surface area (Å²) in [4.78, 5) is 16.6. The Morgan fingerprint density at radius 2 is 1.89 bits per heavy atom. The molecule has 8 nitrogen and oxygen atoms in total. The molecular formula is C19H24N4O4. The van der Waals surface area contributed by atoms with Gasteiger partial charge in [-0.3, -0.25) is 15.1 Å². The fourth-order valence-corrected chi connectivity index (χ4v) is 2.61. The lowest BCUT2D eigenvalue weighted by Gasteiger charge is -2.23. The Kier molecular flexibility index (Phi) is 6.99. The molecule has 0 saturated carbocycles. The number of nitrogens with zero attached hydrogens (tertiary/aromatic N) is 3. The van der Waals surface area contributed by atoms with Crippen LogP contribution in [0.25, 0.3) is 0 Å². The quantitative estimate of drug-likeness (QED) is 0.348.